The summed E-state index contributed by atoms with van der Waals surface area (Å²) in [5.41, 5.74) is 2.21. The topological polar surface area (TPSA) is 46.3 Å². The second kappa shape index (κ2) is 5.08. The van der Waals surface area contributed by atoms with E-state index in [1.807, 2.05) is 30.4 Å². The molecule has 0 bridgehead atoms. The van der Waals surface area contributed by atoms with Gasteiger partial charge in [0.1, 0.15) is 6.26 Å². The molecule has 3 nitrogen and oxygen atoms in total. The molecular formula is C16H13NO2. The number of aliphatic hydroxyl groups is 1. The van der Waals surface area contributed by atoms with Gasteiger partial charge in [-0.2, -0.15) is 0 Å². The molecule has 0 saturated carbocycles. The lowest BCUT2D eigenvalue weighted by Crippen LogP contribution is -1.99. The van der Waals surface area contributed by atoms with Crippen LogP contribution in [0.2, 0.25) is 0 Å². The Labute approximate surface area is 110 Å². The van der Waals surface area contributed by atoms with Crippen molar-refractivity contribution in [2.75, 3.05) is 0 Å². The predicted octanol–water partition coefficient (Wildman–Crippen LogP) is 3.57. The first kappa shape index (κ1) is 11.7. The van der Waals surface area contributed by atoms with E-state index >= 15 is 0 Å². The molecule has 1 unspecified atom stereocenters. The van der Waals surface area contributed by atoms with Gasteiger partial charge in [-0.25, -0.2) is 4.98 Å². The van der Waals surface area contributed by atoms with Crippen LogP contribution in [-0.2, 0) is 0 Å². The summed E-state index contributed by atoms with van der Waals surface area (Å²) >= 11 is 0. The van der Waals surface area contributed by atoms with E-state index in [1.54, 1.807) is 6.20 Å². The van der Waals surface area contributed by atoms with Gasteiger partial charge in [0.25, 0.3) is 0 Å². The fourth-order valence-corrected chi connectivity index (χ4v) is 2.26. The van der Waals surface area contributed by atoms with Gasteiger partial charge < -0.3 is 9.52 Å². The quantitative estimate of drug-likeness (QED) is 0.664. The minimum absolute atomic E-state index is 0.450. The van der Waals surface area contributed by atoms with Crippen LogP contribution in [0.1, 0.15) is 17.2 Å². The lowest BCUT2D eigenvalue weighted by atomic mass is 9.92. The van der Waals surface area contributed by atoms with Crippen LogP contribution in [0, 0.1) is 0 Å². The number of oxazole rings is 1. The first-order chi connectivity index (χ1) is 9.36. The Morgan fingerprint density at radius 3 is 2.63 bits per heavy atom. The van der Waals surface area contributed by atoms with Crippen molar-refractivity contribution in [3.63, 3.8) is 0 Å². The molecule has 1 aromatic heterocycles. The van der Waals surface area contributed by atoms with Crippen molar-refractivity contribution < 1.29 is 9.52 Å². The molecule has 0 amide bonds. The maximum Gasteiger partial charge on any atom is 0.180 e. The average Bonchev–Trinajstić information content (AvgIpc) is 3.02. The van der Waals surface area contributed by atoms with Crippen molar-refractivity contribution in [2.24, 2.45) is 0 Å². The van der Waals surface area contributed by atoms with Gasteiger partial charge in [0.05, 0.1) is 12.3 Å². The molecule has 0 fully saturated rings. The Morgan fingerprint density at radius 1 is 1.11 bits per heavy atom. The molecule has 1 heterocycles. The summed E-state index contributed by atoms with van der Waals surface area (Å²) in [6.45, 7) is 0. The molecule has 0 radical (unpaired) electrons. The van der Waals surface area contributed by atoms with Gasteiger partial charge in [0.15, 0.2) is 6.39 Å². The van der Waals surface area contributed by atoms with E-state index in [0.29, 0.717) is 0 Å². The highest BCUT2D eigenvalue weighted by atomic mass is 16.3. The van der Waals surface area contributed by atoms with E-state index in [0.717, 1.165) is 5.56 Å². The molecule has 0 saturated heterocycles. The van der Waals surface area contributed by atoms with Crippen molar-refractivity contribution in [1.29, 1.82) is 0 Å². The Balaban J connectivity index is 0.000000187. The van der Waals surface area contributed by atoms with E-state index in [9.17, 15) is 5.11 Å². The van der Waals surface area contributed by atoms with Crippen LogP contribution in [0.4, 0.5) is 0 Å². The summed E-state index contributed by atoms with van der Waals surface area (Å²) in [4.78, 5) is 3.56. The van der Waals surface area contributed by atoms with Crippen molar-refractivity contribution in [1.82, 2.24) is 4.98 Å². The maximum absolute atomic E-state index is 9.79. The molecule has 94 valence electrons. The number of hydrogen-bond acceptors (Lipinski definition) is 3. The monoisotopic (exact) mass is 251 g/mol. The van der Waals surface area contributed by atoms with Gasteiger partial charge in [-0.1, -0.05) is 48.6 Å². The molecular weight excluding hydrogens is 238 g/mol. The van der Waals surface area contributed by atoms with E-state index < -0.39 is 6.10 Å². The molecule has 0 aliphatic heterocycles. The van der Waals surface area contributed by atoms with E-state index in [2.05, 4.69) is 27.6 Å². The van der Waals surface area contributed by atoms with Crippen LogP contribution < -0.4 is 0 Å². The molecule has 19 heavy (non-hydrogen) atoms. The van der Waals surface area contributed by atoms with Gasteiger partial charge in [-0.15, -0.1) is 0 Å². The van der Waals surface area contributed by atoms with Crippen LogP contribution in [0.5, 0.6) is 0 Å². The van der Waals surface area contributed by atoms with E-state index in [4.69, 9.17) is 0 Å². The highest BCUT2D eigenvalue weighted by Crippen LogP contribution is 2.32. The van der Waals surface area contributed by atoms with Crippen LogP contribution in [0.25, 0.3) is 16.8 Å². The highest BCUT2D eigenvalue weighted by Gasteiger charge is 2.13. The lowest BCUT2D eigenvalue weighted by molar-refractivity contribution is 0.230. The third-order valence-electron chi connectivity index (χ3n) is 3.09. The van der Waals surface area contributed by atoms with Crippen LogP contribution in [0.3, 0.4) is 0 Å². The highest BCUT2D eigenvalue weighted by molar-refractivity contribution is 5.95. The predicted molar refractivity (Wildman–Crippen MR) is 74.4 cm³/mol. The number of aliphatic hydroxyl groups excluding tert-OH is 1. The third-order valence-corrected chi connectivity index (χ3v) is 3.09. The molecule has 1 aliphatic rings. The smallest absolute Gasteiger partial charge is 0.180 e. The van der Waals surface area contributed by atoms with Crippen molar-refractivity contribution in [2.45, 2.75) is 6.10 Å². The number of benzene rings is 2. The summed E-state index contributed by atoms with van der Waals surface area (Å²) in [5.74, 6) is 0. The van der Waals surface area contributed by atoms with Gasteiger partial charge in [-0.05, 0) is 21.9 Å². The largest absolute Gasteiger partial charge is 0.452 e. The lowest BCUT2D eigenvalue weighted by Gasteiger charge is -2.16. The van der Waals surface area contributed by atoms with Gasteiger partial charge >= 0.3 is 0 Å². The zero-order chi connectivity index (χ0) is 13.1. The first-order valence-corrected chi connectivity index (χ1v) is 6.06. The van der Waals surface area contributed by atoms with Crippen LogP contribution in [-0.4, -0.2) is 10.1 Å². The summed E-state index contributed by atoms with van der Waals surface area (Å²) in [6, 6.07) is 12.3. The number of nitrogens with zero attached hydrogens (tertiary/aromatic N) is 1. The number of aromatic nitrogens is 1. The molecule has 3 aromatic rings. The zero-order valence-electron chi connectivity index (χ0n) is 10.2. The van der Waals surface area contributed by atoms with Crippen molar-refractivity contribution in [3.05, 3.63) is 72.5 Å². The van der Waals surface area contributed by atoms with Gasteiger partial charge in [-0.3, -0.25) is 0 Å². The number of rotatable bonds is 0. The second-order valence-electron chi connectivity index (χ2n) is 4.27. The van der Waals surface area contributed by atoms with Gasteiger partial charge in [0, 0.05) is 0 Å². The summed E-state index contributed by atoms with van der Waals surface area (Å²) in [6.07, 6.45) is 7.84. The second-order valence-corrected chi connectivity index (χ2v) is 4.27. The Hall–Kier alpha value is -2.39. The fraction of sp³-hybridized carbons (Fsp3) is 0.0625. The Kier molecular flexibility index (Phi) is 3.12. The van der Waals surface area contributed by atoms with Crippen molar-refractivity contribution >= 4 is 16.8 Å². The Morgan fingerprint density at radius 2 is 1.95 bits per heavy atom. The number of hydrogen-bond donors (Lipinski definition) is 1. The van der Waals surface area contributed by atoms with E-state index in [1.165, 1.54) is 29.0 Å². The molecule has 1 N–H and O–H groups in total. The minimum atomic E-state index is -0.450. The molecule has 1 atom stereocenters. The first-order valence-electron chi connectivity index (χ1n) is 6.06. The maximum atomic E-state index is 9.79. The standard InChI is InChI=1S/C13H10O.C3H3NO/c14-12-8-7-10-4-1-3-9-5-2-6-11(12)13(9)10;1-2-5-3-4-1/h1-8,12,14H;1-3H. The average molecular weight is 251 g/mol. The summed E-state index contributed by atoms with van der Waals surface area (Å²) in [5, 5.41) is 12.2. The van der Waals surface area contributed by atoms with Crippen molar-refractivity contribution in [3.8, 4) is 0 Å². The summed E-state index contributed by atoms with van der Waals surface area (Å²) < 4.78 is 4.47. The fourth-order valence-electron chi connectivity index (χ4n) is 2.26. The third kappa shape index (κ3) is 2.28. The van der Waals surface area contributed by atoms with E-state index in [-0.39, 0.29) is 0 Å². The van der Waals surface area contributed by atoms with Crippen LogP contribution >= 0.6 is 0 Å². The SMILES string of the molecule is OC1C=Cc2cccc3cccc1c23.c1cocn1. The van der Waals surface area contributed by atoms with Crippen LogP contribution in [0.15, 0.2) is 65.7 Å². The Bertz CT molecular complexity index is 679. The molecule has 3 heteroatoms. The molecule has 4 rings (SSSR count). The molecule has 0 spiro atoms. The normalized spacial score (nSPS) is 15.9. The summed E-state index contributed by atoms with van der Waals surface area (Å²) in [7, 11) is 0. The van der Waals surface area contributed by atoms with Gasteiger partial charge in [0.2, 0.25) is 0 Å². The zero-order valence-corrected chi connectivity index (χ0v) is 10.2. The molecule has 2 aromatic carbocycles. The molecule has 1 aliphatic carbocycles. The minimum Gasteiger partial charge on any atom is -0.452 e.